The fraction of sp³-hybridized carbons (Fsp3) is 1.00. The molecular weight excluding hydrogens is 196 g/mol. The highest BCUT2D eigenvalue weighted by atomic mass is 32.3. The fourth-order valence-corrected chi connectivity index (χ4v) is 1.00. The summed E-state index contributed by atoms with van der Waals surface area (Å²) in [6.45, 7) is 3.81. The summed E-state index contributed by atoms with van der Waals surface area (Å²) < 4.78 is 31.0. The van der Waals surface area contributed by atoms with Gasteiger partial charge in [0, 0.05) is 0 Å². The SMILES string of the molecule is CN1CC[NH+](C)C1.COS(=O)(=O)[O-]. The number of nitrogens with one attached hydrogen (secondary N) is 1. The van der Waals surface area contributed by atoms with Crippen LogP contribution in [0.5, 0.6) is 0 Å². The van der Waals surface area contributed by atoms with Gasteiger partial charge in [-0.1, -0.05) is 0 Å². The smallest absolute Gasteiger partial charge is 0.217 e. The van der Waals surface area contributed by atoms with Gasteiger partial charge in [0.25, 0.3) is 0 Å². The van der Waals surface area contributed by atoms with Crippen molar-refractivity contribution in [2.24, 2.45) is 0 Å². The van der Waals surface area contributed by atoms with Crippen molar-refractivity contribution in [1.29, 1.82) is 0 Å². The maximum absolute atomic E-state index is 9.22. The maximum atomic E-state index is 9.22. The van der Waals surface area contributed by atoms with Gasteiger partial charge >= 0.3 is 0 Å². The zero-order valence-electron chi connectivity index (χ0n) is 8.11. The summed E-state index contributed by atoms with van der Waals surface area (Å²) in [5, 5.41) is 0. The molecule has 80 valence electrons. The summed E-state index contributed by atoms with van der Waals surface area (Å²) in [6, 6.07) is 0. The number of likely N-dealkylation sites (N-methyl/N-ethyl adjacent to an activating group) is 2. The Morgan fingerprint density at radius 1 is 1.54 bits per heavy atom. The third-order valence-electron chi connectivity index (χ3n) is 1.66. The van der Waals surface area contributed by atoms with E-state index in [4.69, 9.17) is 0 Å². The third kappa shape index (κ3) is 8.13. The molecule has 0 aromatic heterocycles. The lowest BCUT2D eigenvalue weighted by Crippen LogP contribution is -3.07. The standard InChI is InChI=1S/C5H12N2.CH4O4S/c1-6-3-4-7(2)5-6;1-5-6(2,3)4/h3-5H2,1-2H3;1H3,(H,2,3,4). The highest BCUT2D eigenvalue weighted by molar-refractivity contribution is 7.80. The number of nitrogens with zero attached hydrogens (tertiary/aromatic N) is 1. The number of quaternary nitrogens is 1. The molecule has 1 saturated heterocycles. The van der Waals surface area contributed by atoms with Gasteiger partial charge in [-0.2, -0.15) is 0 Å². The molecule has 1 aliphatic rings. The Kier molecular flexibility index (Phi) is 5.42. The summed E-state index contributed by atoms with van der Waals surface area (Å²) in [4.78, 5) is 3.97. The Labute approximate surface area is 79.0 Å². The van der Waals surface area contributed by atoms with E-state index in [1.807, 2.05) is 0 Å². The van der Waals surface area contributed by atoms with Gasteiger partial charge in [-0.25, -0.2) is 8.42 Å². The molecule has 0 aromatic carbocycles. The second kappa shape index (κ2) is 5.51. The normalized spacial score (nSPS) is 23.8. The van der Waals surface area contributed by atoms with Crippen LogP contribution in [-0.4, -0.2) is 58.8 Å². The fourth-order valence-electron chi connectivity index (χ4n) is 1.00. The van der Waals surface area contributed by atoms with E-state index < -0.39 is 10.4 Å². The predicted molar refractivity (Wildman–Crippen MR) is 46.0 cm³/mol. The van der Waals surface area contributed by atoms with E-state index >= 15 is 0 Å². The molecule has 0 amide bonds. The number of rotatable bonds is 1. The Balaban J connectivity index is 0.000000226. The van der Waals surface area contributed by atoms with E-state index in [0.29, 0.717) is 0 Å². The lowest BCUT2D eigenvalue weighted by molar-refractivity contribution is -0.870. The predicted octanol–water partition coefficient (Wildman–Crippen LogP) is -2.50. The molecule has 0 bridgehead atoms. The Hall–Kier alpha value is -0.210. The van der Waals surface area contributed by atoms with Gasteiger partial charge < -0.3 is 9.45 Å². The molecule has 0 aromatic rings. The van der Waals surface area contributed by atoms with E-state index in [1.54, 1.807) is 4.90 Å². The highest BCUT2D eigenvalue weighted by Gasteiger charge is 2.13. The minimum absolute atomic E-state index is 0.808. The molecule has 0 aliphatic carbocycles. The molecule has 1 N–H and O–H groups in total. The molecule has 0 spiro atoms. The first-order valence-electron chi connectivity index (χ1n) is 3.86. The van der Waals surface area contributed by atoms with Crippen LogP contribution in [0, 0.1) is 0 Å². The molecule has 1 fully saturated rings. The third-order valence-corrected chi connectivity index (χ3v) is 2.07. The van der Waals surface area contributed by atoms with Crippen LogP contribution in [0.25, 0.3) is 0 Å². The van der Waals surface area contributed by atoms with Crippen LogP contribution in [0.15, 0.2) is 0 Å². The monoisotopic (exact) mass is 212 g/mol. The lowest BCUT2D eigenvalue weighted by atomic mass is 10.6. The van der Waals surface area contributed by atoms with Crippen molar-refractivity contribution in [1.82, 2.24) is 4.90 Å². The molecule has 0 radical (unpaired) electrons. The quantitative estimate of drug-likeness (QED) is 0.384. The van der Waals surface area contributed by atoms with Crippen LogP contribution in [0.1, 0.15) is 0 Å². The van der Waals surface area contributed by atoms with Crippen molar-refractivity contribution in [2.75, 3.05) is 41.0 Å². The first-order valence-corrected chi connectivity index (χ1v) is 5.20. The first-order chi connectivity index (χ1) is 5.85. The Morgan fingerprint density at radius 2 is 2.00 bits per heavy atom. The van der Waals surface area contributed by atoms with E-state index in [1.165, 1.54) is 19.8 Å². The average Bonchev–Trinajstić information content (AvgIpc) is 2.34. The van der Waals surface area contributed by atoms with Gasteiger partial charge in [0.2, 0.25) is 10.4 Å². The molecule has 7 heteroatoms. The molecule has 1 atom stereocenters. The van der Waals surface area contributed by atoms with Crippen LogP contribution < -0.4 is 4.90 Å². The summed E-state index contributed by atoms with van der Waals surface area (Å²) in [7, 11) is 0.785. The molecule has 1 rings (SSSR count). The zero-order valence-corrected chi connectivity index (χ0v) is 8.93. The van der Waals surface area contributed by atoms with Crippen molar-refractivity contribution in [3.8, 4) is 0 Å². The van der Waals surface area contributed by atoms with Gasteiger partial charge in [-0.3, -0.25) is 9.08 Å². The minimum atomic E-state index is -4.41. The van der Waals surface area contributed by atoms with Gasteiger partial charge in [0.1, 0.15) is 6.67 Å². The average molecular weight is 212 g/mol. The second-order valence-electron chi connectivity index (χ2n) is 3.02. The molecular formula is C6H16N2O4S. The zero-order chi connectivity index (χ0) is 10.5. The van der Waals surface area contributed by atoms with E-state index in [2.05, 4.69) is 23.2 Å². The molecule has 1 heterocycles. The van der Waals surface area contributed by atoms with Gasteiger partial charge in [-0.15, -0.1) is 0 Å². The van der Waals surface area contributed by atoms with Crippen LogP contribution in [-0.2, 0) is 14.6 Å². The summed E-state index contributed by atoms with van der Waals surface area (Å²) in [6.07, 6.45) is 0. The highest BCUT2D eigenvalue weighted by Crippen LogP contribution is 1.76. The molecule has 1 aliphatic heterocycles. The largest absolute Gasteiger partial charge is 0.726 e. The van der Waals surface area contributed by atoms with Crippen molar-refractivity contribution in [3.63, 3.8) is 0 Å². The van der Waals surface area contributed by atoms with Gasteiger partial charge in [0.15, 0.2) is 0 Å². The first kappa shape index (κ1) is 12.8. The van der Waals surface area contributed by atoms with Gasteiger partial charge in [-0.05, 0) is 7.05 Å². The summed E-state index contributed by atoms with van der Waals surface area (Å²) >= 11 is 0. The Morgan fingerprint density at radius 3 is 2.08 bits per heavy atom. The van der Waals surface area contributed by atoms with Crippen molar-refractivity contribution >= 4 is 10.4 Å². The number of hydrogen-bond acceptors (Lipinski definition) is 5. The van der Waals surface area contributed by atoms with E-state index in [-0.39, 0.29) is 0 Å². The summed E-state index contributed by atoms with van der Waals surface area (Å²) in [5.41, 5.74) is 0. The van der Waals surface area contributed by atoms with Crippen molar-refractivity contribution in [2.45, 2.75) is 0 Å². The van der Waals surface area contributed by atoms with Crippen LogP contribution in [0.2, 0.25) is 0 Å². The molecule has 13 heavy (non-hydrogen) atoms. The lowest BCUT2D eigenvalue weighted by Gasteiger charge is -2.03. The van der Waals surface area contributed by atoms with Crippen LogP contribution in [0.3, 0.4) is 0 Å². The van der Waals surface area contributed by atoms with Crippen LogP contribution in [0.4, 0.5) is 0 Å². The van der Waals surface area contributed by atoms with Crippen molar-refractivity contribution in [3.05, 3.63) is 0 Å². The van der Waals surface area contributed by atoms with Crippen molar-refractivity contribution < 1.29 is 22.1 Å². The van der Waals surface area contributed by atoms with Gasteiger partial charge in [0.05, 0.1) is 27.2 Å². The van der Waals surface area contributed by atoms with E-state index in [0.717, 1.165) is 7.11 Å². The Bertz CT molecular complexity index is 221. The summed E-state index contributed by atoms with van der Waals surface area (Å²) in [5.74, 6) is 0. The van der Waals surface area contributed by atoms with E-state index in [9.17, 15) is 13.0 Å². The minimum Gasteiger partial charge on any atom is -0.726 e. The molecule has 6 nitrogen and oxygen atoms in total. The molecule has 0 saturated carbocycles. The van der Waals surface area contributed by atoms with Crippen LogP contribution >= 0.6 is 0 Å². The molecule has 1 unspecified atom stereocenters. The second-order valence-corrected chi connectivity index (χ2v) is 4.17. The number of hydrogen-bond donors (Lipinski definition) is 1. The maximum Gasteiger partial charge on any atom is 0.217 e. The topological polar surface area (TPSA) is 74.1 Å².